The molecule has 0 aliphatic rings. The molecule has 1 heterocycles. The van der Waals surface area contributed by atoms with Crippen LogP contribution in [0.15, 0.2) is 33.9 Å². The van der Waals surface area contributed by atoms with Crippen LogP contribution in [-0.4, -0.2) is 22.0 Å². The van der Waals surface area contributed by atoms with Gasteiger partial charge in [0.1, 0.15) is 5.82 Å². The van der Waals surface area contributed by atoms with Crippen molar-refractivity contribution >= 4 is 17.4 Å². The first kappa shape index (κ1) is 21.5. The van der Waals surface area contributed by atoms with Gasteiger partial charge >= 0.3 is 5.69 Å². The van der Waals surface area contributed by atoms with Crippen molar-refractivity contribution in [2.45, 2.75) is 53.5 Å². The van der Waals surface area contributed by atoms with Gasteiger partial charge in [-0.1, -0.05) is 51.5 Å². The number of anilines is 2. The quantitative estimate of drug-likeness (QED) is 0.727. The number of nitrogen functional groups attached to an aromatic ring is 1. The molecule has 7 heteroatoms. The molecule has 0 radical (unpaired) electrons. The van der Waals surface area contributed by atoms with Crippen molar-refractivity contribution in [2.75, 3.05) is 17.2 Å². The molecule has 0 aliphatic carbocycles. The van der Waals surface area contributed by atoms with Crippen LogP contribution >= 0.6 is 0 Å². The van der Waals surface area contributed by atoms with Gasteiger partial charge in [-0.15, -0.1) is 0 Å². The molecule has 1 aromatic heterocycles. The number of carbonyl (C=O) groups excluding carboxylic acids is 1. The Kier molecular flexibility index (Phi) is 7.20. The average molecular weight is 386 g/mol. The van der Waals surface area contributed by atoms with Gasteiger partial charge in [-0.25, -0.2) is 4.79 Å². The zero-order chi connectivity index (χ0) is 20.8. The Labute approximate surface area is 165 Å². The summed E-state index contributed by atoms with van der Waals surface area (Å²) in [6.45, 7) is 8.60. The summed E-state index contributed by atoms with van der Waals surface area (Å²) in [5.74, 6) is -0.0168. The first-order chi connectivity index (χ1) is 13.3. The van der Waals surface area contributed by atoms with Crippen LogP contribution in [0.5, 0.6) is 0 Å². The van der Waals surface area contributed by atoms with E-state index < -0.39 is 11.2 Å². The van der Waals surface area contributed by atoms with E-state index in [1.165, 1.54) is 9.47 Å². The lowest BCUT2D eigenvalue weighted by atomic mass is 10.0. The van der Waals surface area contributed by atoms with E-state index >= 15 is 0 Å². The summed E-state index contributed by atoms with van der Waals surface area (Å²) in [6, 6.07) is 7.65. The fourth-order valence-corrected chi connectivity index (χ4v) is 3.13. The molecular formula is C21H30N4O3. The van der Waals surface area contributed by atoms with Crippen molar-refractivity contribution in [3.05, 3.63) is 56.2 Å². The largest absolute Gasteiger partial charge is 0.383 e. The molecule has 0 fully saturated rings. The lowest BCUT2D eigenvalue weighted by molar-refractivity contribution is -0.118. The predicted octanol–water partition coefficient (Wildman–Crippen LogP) is 2.46. The number of nitrogens with zero attached hydrogens (tertiary/aromatic N) is 2. The van der Waals surface area contributed by atoms with E-state index in [-0.39, 0.29) is 29.8 Å². The minimum Gasteiger partial charge on any atom is -0.383 e. The normalized spacial score (nSPS) is 11.0. The molecule has 0 spiro atoms. The van der Waals surface area contributed by atoms with Crippen LogP contribution in [0, 0.1) is 12.8 Å². The number of aromatic nitrogens is 2. The molecule has 1 amide bonds. The second kappa shape index (κ2) is 9.39. The number of amides is 1. The lowest BCUT2D eigenvalue weighted by Crippen LogP contribution is -2.42. The monoisotopic (exact) mass is 386 g/mol. The van der Waals surface area contributed by atoms with Gasteiger partial charge in [0.05, 0.1) is 6.42 Å². The van der Waals surface area contributed by atoms with Crippen molar-refractivity contribution < 1.29 is 4.79 Å². The molecule has 152 valence electrons. The van der Waals surface area contributed by atoms with Crippen molar-refractivity contribution in [1.29, 1.82) is 0 Å². The van der Waals surface area contributed by atoms with Crippen molar-refractivity contribution in [3.8, 4) is 0 Å². The van der Waals surface area contributed by atoms with Gasteiger partial charge in [-0.05, 0) is 30.4 Å². The highest BCUT2D eigenvalue weighted by atomic mass is 16.2. The summed E-state index contributed by atoms with van der Waals surface area (Å²) in [6.07, 6.45) is 1.75. The third-order valence-electron chi connectivity index (χ3n) is 4.67. The Balaban J connectivity index is 2.50. The van der Waals surface area contributed by atoms with E-state index in [1.54, 1.807) is 0 Å². The summed E-state index contributed by atoms with van der Waals surface area (Å²) < 4.78 is 1.33. The fourth-order valence-electron chi connectivity index (χ4n) is 3.13. The highest BCUT2D eigenvalue weighted by Crippen LogP contribution is 2.20. The molecule has 3 N–H and O–H groups in total. The number of H-pyrrole nitrogens is 1. The Morgan fingerprint density at radius 2 is 1.93 bits per heavy atom. The standard InChI is InChI=1S/C21H30N4O3/c1-5-6-11-24(17(26)12-16-10-8-7-9-15(16)4)18-19(22)25(13-14(2)3)21(28)23-20(18)27/h7-10,14H,5-6,11-13,22H2,1-4H3,(H,23,27,28). The maximum atomic E-state index is 13.1. The zero-order valence-electron chi connectivity index (χ0n) is 17.1. The molecule has 0 atom stereocenters. The summed E-state index contributed by atoms with van der Waals surface area (Å²) in [5.41, 5.74) is 7.01. The summed E-state index contributed by atoms with van der Waals surface area (Å²) in [7, 11) is 0. The lowest BCUT2D eigenvalue weighted by Gasteiger charge is -2.25. The number of hydrogen-bond acceptors (Lipinski definition) is 4. The molecule has 0 unspecified atom stereocenters. The van der Waals surface area contributed by atoms with Crippen LogP contribution in [0.25, 0.3) is 0 Å². The van der Waals surface area contributed by atoms with Crippen LogP contribution in [0.1, 0.15) is 44.7 Å². The number of hydrogen-bond donors (Lipinski definition) is 2. The first-order valence-corrected chi connectivity index (χ1v) is 9.73. The summed E-state index contributed by atoms with van der Waals surface area (Å²) in [5, 5.41) is 0. The van der Waals surface area contributed by atoms with Crippen LogP contribution in [0.2, 0.25) is 0 Å². The predicted molar refractivity (Wildman–Crippen MR) is 113 cm³/mol. The van der Waals surface area contributed by atoms with E-state index in [9.17, 15) is 14.4 Å². The molecule has 1 aromatic carbocycles. The summed E-state index contributed by atoms with van der Waals surface area (Å²) in [4.78, 5) is 41.7. The Morgan fingerprint density at radius 1 is 1.25 bits per heavy atom. The van der Waals surface area contributed by atoms with E-state index in [1.807, 2.05) is 52.0 Å². The topological polar surface area (TPSA) is 101 Å². The third kappa shape index (κ3) is 4.91. The molecule has 2 aromatic rings. The SMILES string of the molecule is CCCCN(C(=O)Cc1ccccc1C)c1c(N)n(CC(C)C)c(=O)[nH]c1=O. The number of carbonyl (C=O) groups is 1. The third-order valence-corrected chi connectivity index (χ3v) is 4.67. The van der Waals surface area contributed by atoms with Crippen LogP contribution in [0.4, 0.5) is 11.5 Å². The maximum absolute atomic E-state index is 13.1. The highest BCUT2D eigenvalue weighted by molar-refractivity contribution is 5.96. The molecule has 0 bridgehead atoms. The number of nitrogens with two attached hydrogens (primary N) is 1. The van der Waals surface area contributed by atoms with E-state index in [0.29, 0.717) is 13.1 Å². The Morgan fingerprint density at radius 3 is 2.54 bits per heavy atom. The van der Waals surface area contributed by atoms with Crippen molar-refractivity contribution in [2.24, 2.45) is 5.92 Å². The number of rotatable bonds is 8. The van der Waals surface area contributed by atoms with E-state index in [0.717, 1.165) is 24.0 Å². The van der Waals surface area contributed by atoms with Crippen LogP contribution in [0.3, 0.4) is 0 Å². The van der Waals surface area contributed by atoms with Gasteiger partial charge in [0.25, 0.3) is 5.56 Å². The molecule has 28 heavy (non-hydrogen) atoms. The minimum atomic E-state index is -0.628. The molecular weight excluding hydrogens is 356 g/mol. The average Bonchev–Trinajstić information content (AvgIpc) is 2.63. The smallest absolute Gasteiger partial charge is 0.330 e. The molecule has 2 rings (SSSR count). The molecule has 0 saturated heterocycles. The van der Waals surface area contributed by atoms with Crippen LogP contribution in [-0.2, 0) is 17.8 Å². The van der Waals surface area contributed by atoms with Crippen molar-refractivity contribution in [1.82, 2.24) is 9.55 Å². The second-order valence-electron chi connectivity index (χ2n) is 7.50. The number of nitrogens with one attached hydrogen (secondary N) is 1. The van der Waals surface area contributed by atoms with Gasteiger partial charge in [-0.2, -0.15) is 0 Å². The van der Waals surface area contributed by atoms with E-state index in [4.69, 9.17) is 5.73 Å². The zero-order valence-corrected chi connectivity index (χ0v) is 17.1. The van der Waals surface area contributed by atoms with Gasteiger partial charge in [-0.3, -0.25) is 19.1 Å². The number of aromatic amines is 1. The maximum Gasteiger partial charge on any atom is 0.330 e. The van der Waals surface area contributed by atoms with Gasteiger partial charge in [0.2, 0.25) is 5.91 Å². The summed E-state index contributed by atoms with van der Waals surface area (Å²) >= 11 is 0. The minimum absolute atomic E-state index is 0.0386. The van der Waals surface area contributed by atoms with Gasteiger partial charge < -0.3 is 10.6 Å². The van der Waals surface area contributed by atoms with Gasteiger partial charge in [0, 0.05) is 13.1 Å². The molecule has 0 saturated carbocycles. The molecule has 0 aliphatic heterocycles. The number of aryl methyl sites for hydroxylation is 1. The van der Waals surface area contributed by atoms with Gasteiger partial charge in [0.15, 0.2) is 5.69 Å². The highest BCUT2D eigenvalue weighted by Gasteiger charge is 2.24. The number of unbranched alkanes of at least 4 members (excludes halogenated alkanes) is 1. The molecule has 7 nitrogen and oxygen atoms in total. The van der Waals surface area contributed by atoms with Crippen molar-refractivity contribution in [3.63, 3.8) is 0 Å². The second-order valence-corrected chi connectivity index (χ2v) is 7.50. The van der Waals surface area contributed by atoms with Crippen LogP contribution < -0.4 is 21.9 Å². The Hall–Kier alpha value is -2.83. The first-order valence-electron chi connectivity index (χ1n) is 9.73. The van der Waals surface area contributed by atoms with E-state index in [2.05, 4.69) is 4.98 Å². The number of benzene rings is 1. The Bertz CT molecular complexity index is 943. The fraction of sp³-hybridized carbons (Fsp3) is 0.476.